The van der Waals surface area contributed by atoms with Gasteiger partial charge in [0.05, 0.1) is 15.9 Å². The van der Waals surface area contributed by atoms with E-state index in [0.717, 1.165) is 30.7 Å². The minimum absolute atomic E-state index is 0.0420. The van der Waals surface area contributed by atoms with Crippen LogP contribution in [0.2, 0.25) is 5.02 Å². The van der Waals surface area contributed by atoms with Crippen molar-refractivity contribution in [3.8, 4) is 0 Å². The molecule has 142 valence electrons. The maximum absolute atomic E-state index is 13.3. The Bertz CT molecular complexity index is 1000. The van der Waals surface area contributed by atoms with Crippen LogP contribution in [-0.4, -0.2) is 33.7 Å². The Kier molecular flexibility index (Phi) is 5.32. The average Bonchev–Trinajstić information content (AvgIpc) is 3.09. The van der Waals surface area contributed by atoms with Crippen LogP contribution < -0.4 is 5.56 Å². The summed E-state index contributed by atoms with van der Waals surface area (Å²) in [6.07, 6.45) is 7.60. The van der Waals surface area contributed by atoms with Gasteiger partial charge >= 0.3 is 0 Å². The van der Waals surface area contributed by atoms with Crippen LogP contribution in [0.5, 0.6) is 0 Å². The lowest BCUT2D eigenvalue weighted by Gasteiger charge is -2.26. The van der Waals surface area contributed by atoms with Gasteiger partial charge < -0.3 is 14.0 Å². The molecule has 1 saturated heterocycles. The second-order valence-corrected chi connectivity index (χ2v) is 7.61. The predicted molar refractivity (Wildman–Crippen MR) is 107 cm³/mol. The molecule has 0 amide bonds. The lowest BCUT2D eigenvalue weighted by Crippen LogP contribution is -2.34. The van der Waals surface area contributed by atoms with Gasteiger partial charge in [0.1, 0.15) is 5.82 Å². The topological polar surface area (TPSA) is 30.2 Å². The maximum Gasteiger partial charge on any atom is 0.260 e. The van der Waals surface area contributed by atoms with Gasteiger partial charge in [0, 0.05) is 32.0 Å². The van der Waals surface area contributed by atoms with Crippen molar-refractivity contribution in [2.24, 2.45) is 0 Å². The second-order valence-electron chi connectivity index (χ2n) is 7.21. The van der Waals surface area contributed by atoms with E-state index in [9.17, 15) is 9.18 Å². The molecule has 0 N–H and O–H groups in total. The number of hydrogen-bond donors (Lipinski definition) is 0. The van der Waals surface area contributed by atoms with Crippen molar-refractivity contribution in [1.82, 2.24) is 14.0 Å². The van der Waals surface area contributed by atoms with Crippen LogP contribution >= 0.6 is 11.6 Å². The highest BCUT2D eigenvalue weighted by Gasteiger charge is 2.12. The Hall–Kier alpha value is -2.11. The van der Waals surface area contributed by atoms with Gasteiger partial charge in [0.15, 0.2) is 0 Å². The fraction of sp³-hybridized carbons (Fsp3) is 0.381. The predicted octanol–water partition coefficient (Wildman–Crippen LogP) is 4.13. The first-order valence-electron chi connectivity index (χ1n) is 9.46. The average molecular weight is 388 g/mol. The Morgan fingerprint density at radius 3 is 2.52 bits per heavy atom. The lowest BCUT2D eigenvalue weighted by atomic mass is 10.1. The van der Waals surface area contributed by atoms with Gasteiger partial charge in [-0.3, -0.25) is 4.79 Å². The summed E-state index contributed by atoms with van der Waals surface area (Å²) in [6.45, 7) is 4.44. The van der Waals surface area contributed by atoms with Crippen LogP contribution in [0.15, 0.2) is 47.5 Å². The molecule has 2 aromatic heterocycles. The van der Waals surface area contributed by atoms with E-state index in [-0.39, 0.29) is 10.6 Å². The van der Waals surface area contributed by atoms with Crippen molar-refractivity contribution >= 4 is 22.5 Å². The monoisotopic (exact) mass is 387 g/mol. The second kappa shape index (κ2) is 7.87. The summed E-state index contributed by atoms with van der Waals surface area (Å²) < 4.78 is 17.1. The number of likely N-dealkylation sites (tertiary alicyclic amines) is 1. The van der Waals surface area contributed by atoms with Crippen LogP contribution in [0.4, 0.5) is 4.39 Å². The molecule has 0 spiro atoms. The minimum atomic E-state index is -0.422. The van der Waals surface area contributed by atoms with Crippen LogP contribution in [0.1, 0.15) is 24.8 Å². The molecule has 4 nitrogen and oxygen atoms in total. The van der Waals surface area contributed by atoms with E-state index >= 15 is 0 Å². The van der Waals surface area contributed by atoms with Crippen LogP contribution in [0.3, 0.4) is 0 Å². The number of nitrogens with zero attached hydrogens (tertiary/aromatic N) is 3. The number of halogens is 2. The Morgan fingerprint density at radius 1 is 0.963 bits per heavy atom. The number of hydrogen-bond acceptors (Lipinski definition) is 2. The molecule has 0 unspecified atom stereocenters. The summed E-state index contributed by atoms with van der Waals surface area (Å²) in [6, 6.07) is 8.56. The first-order valence-corrected chi connectivity index (χ1v) is 9.84. The number of fused-ring (bicyclic) bond motifs is 1. The van der Waals surface area contributed by atoms with Crippen LogP contribution in [0, 0.1) is 5.82 Å². The van der Waals surface area contributed by atoms with Gasteiger partial charge in [0.25, 0.3) is 5.56 Å². The number of rotatable bonds is 5. The summed E-state index contributed by atoms with van der Waals surface area (Å²) in [4.78, 5) is 15.3. The lowest BCUT2D eigenvalue weighted by molar-refractivity contribution is 0.220. The molecule has 3 aromatic rings. The summed E-state index contributed by atoms with van der Waals surface area (Å²) in [5.74, 6) is -0.422. The molecule has 0 bridgehead atoms. The van der Waals surface area contributed by atoms with E-state index in [0.29, 0.717) is 18.5 Å². The quantitative estimate of drug-likeness (QED) is 0.659. The van der Waals surface area contributed by atoms with Crippen molar-refractivity contribution in [3.05, 3.63) is 69.5 Å². The highest BCUT2D eigenvalue weighted by atomic mass is 35.5. The molecular weight excluding hydrogens is 365 g/mol. The van der Waals surface area contributed by atoms with Gasteiger partial charge in [-0.1, -0.05) is 24.1 Å². The molecule has 27 heavy (non-hydrogen) atoms. The molecule has 0 radical (unpaired) electrons. The highest BCUT2D eigenvalue weighted by Crippen LogP contribution is 2.19. The summed E-state index contributed by atoms with van der Waals surface area (Å²) in [5, 5.41) is 0.827. The molecule has 4 rings (SSSR count). The number of benzene rings is 1. The molecule has 1 aliphatic rings. The first-order chi connectivity index (χ1) is 13.1. The van der Waals surface area contributed by atoms with Gasteiger partial charge in [-0.05, 0) is 55.8 Å². The zero-order valence-corrected chi connectivity index (χ0v) is 16.0. The summed E-state index contributed by atoms with van der Waals surface area (Å²) in [7, 11) is 0. The molecule has 0 saturated carbocycles. The number of pyridine rings is 1. The Labute approximate surface area is 162 Å². The Morgan fingerprint density at radius 2 is 1.74 bits per heavy atom. The van der Waals surface area contributed by atoms with E-state index in [1.165, 1.54) is 25.3 Å². The van der Waals surface area contributed by atoms with Gasteiger partial charge in [-0.25, -0.2) is 4.39 Å². The van der Waals surface area contributed by atoms with Gasteiger partial charge in [-0.15, -0.1) is 0 Å². The van der Waals surface area contributed by atoms with Crippen molar-refractivity contribution in [1.29, 1.82) is 0 Å². The maximum atomic E-state index is 13.3. The fourth-order valence-corrected chi connectivity index (χ4v) is 4.02. The van der Waals surface area contributed by atoms with Crippen molar-refractivity contribution in [2.45, 2.75) is 32.4 Å². The van der Waals surface area contributed by atoms with Crippen LogP contribution in [0.25, 0.3) is 10.9 Å². The molecular formula is C21H23ClFN3O. The SMILES string of the molecule is O=c1c2ccn(Cc3ccc(F)c(Cl)c3)c2ccn1CCN1CCCCC1. The largest absolute Gasteiger partial charge is 0.343 e. The third kappa shape index (κ3) is 3.94. The number of piperidine rings is 1. The smallest absolute Gasteiger partial charge is 0.260 e. The van der Waals surface area contributed by atoms with Crippen molar-refractivity contribution in [3.63, 3.8) is 0 Å². The van der Waals surface area contributed by atoms with Gasteiger partial charge in [0.2, 0.25) is 0 Å². The van der Waals surface area contributed by atoms with Gasteiger partial charge in [-0.2, -0.15) is 0 Å². The normalized spacial score (nSPS) is 15.5. The number of aromatic nitrogens is 2. The molecule has 3 heterocycles. The minimum Gasteiger partial charge on any atom is -0.343 e. The zero-order valence-electron chi connectivity index (χ0n) is 15.2. The van der Waals surface area contributed by atoms with Crippen molar-refractivity contribution < 1.29 is 4.39 Å². The van der Waals surface area contributed by atoms with E-state index in [2.05, 4.69) is 4.90 Å². The summed E-state index contributed by atoms with van der Waals surface area (Å²) in [5.41, 5.74) is 1.82. The first kappa shape index (κ1) is 18.3. The Balaban J connectivity index is 1.54. The zero-order chi connectivity index (χ0) is 18.8. The van der Waals surface area contributed by atoms with Crippen molar-refractivity contribution in [2.75, 3.05) is 19.6 Å². The third-order valence-corrected chi connectivity index (χ3v) is 5.64. The highest BCUT2D eigenvalue weighted by molar-refractivity contribution is 6.30. The van der Waals surface area contributed by atoms with E-state index < -0.39 is 5.82 Å². The van der Waals surface area contributed by atoms with E-state index in [4.69, 9.17) is 11.6 Å². The molecule has 1 fully saturated rings. The molecule has 0 aliphatic carbocycles. The fourth-order valence-electron chi connectivity index (χ4n) is 3.82. The van der Waals surface area contributed by atoms with E-state index in [1.807, 2.05) is 29.1 Å². The van der Waals surface area contributed by atoms with E-state index in [1.54, 1.807) is 16.7 Å². The van der Waals surface area contributed by atoms with Crippen LogP contribution in [-0.2, 0) is 13.1 Å². The molecule has 1 aliphatic heterocycles. The standard InChI is InChI=1S/C21H23ClFN3O/c22-18-14-16(4-5-19(18)23)15-26-10-6-17-20(26)7-11-25(21(17)27)13-12-24-8-2-1-3-9-24/h4-7,10-11,14H,1-3,8-9,12-13,15H2. The summed E-state index contributed by atoms with van der Waals surface area (Å²) >= 11 is 5.88. The third-order valence-electron chi connectivity index (χ3n) is 5.35. The molecule has 6 heteroatoms. The molecule has 0 atom stereocenters. The molecule has 1 aromatic carbocycles.